The molecule has 1 heterocycles. The summed E-state index contributed by atoms with van der Waals surface area (Å²) in [4.78, 5) is 0. The molecule has 0 radical (unpaired) electrons. The zero-order valence-corrected chi connectivity index (χ0v) is 8.57. The second-order valence-electron chi connectivity index (χ2n) is 3.12. The number of rotatable bonds is 2. The molecule has 0 unspecified atom stereocenters. The normalized spacial score (nSPS) is 16.8. The number of benzene rings is 1. The zero-order chi connectivity index (χ0) is 9.26. The largest absolute Gasteiger partial charge is 0.377 e. The molecule has 0 saturated carbocycles. The maximum Gasteiger partial charge on any atom is 0.146 e. The van der Waals surface area contributed by atoms with Gasteiger partial charge in [-0.15, -0.1) is 0 Å². The molecular formula is C9H10BrFN2. The van der Waals surface area contributed by atoms with Crippen molar-refractivity contribution in [2.45, 2.75) is 6.04 Å². The Bertz CT molecular complexity index is 312. The number of anilines is 1. The van der Waals surface area contributed by atoms with Crippen LogP contribution < -0.4 is 10.6 Å². The quantitative estimate of drug-likeness (QED) is 0.832. The van der Waals surface area contributed by atoms with Gasteiger partial charge in [0.2, 0.25) is 0 Å². The number of halogens is 2. The third kappa shape index (κ3) is 2.00. The van der Waals surface area contributed by atoms with E-state index >= 15 is 0 Å². The summed E-state index contributed by atoms with van der Waals surface area (Å²) in [6.07, 6.45) is 0. The van der Waals surface area contributed by atoms with Crippen LogP contribution >= 0.6 is 15.9 Å². The van der Waals surface area contributed by atoms with Crippen LogP contribution in [-0.4, -0.2) is 19.1 Å². The van der Waals surface area contributed by atoms with E-state index in [2.05, 4.69) is 26.6 Å². The van der Waals surface area contributed by atoms with Gasteiger partial charge in [-0.1, -0.05) is 15.9 Å². The lowest BCUT2D eigenvalue weighted by Gasteiger charge is -2.29. The van der Waals surface area contributed by atoms with Gasteiger partial charge in [-0.05, 0) is 18.2 Å². The molecule has 2 N–H and O–H groups in total. The van der Waals surface area contributed by atoms with Crippen molar-refractivity contribution in [1.29, 1.82) is 0 Å². The van der Waals surface area contributed by atoms with Gasteiger partial charge in [0.1, 0.15) is 5.82 Å². The predicted molar refractivity (Wildman–Crippen MR) is 54.4 cm³/mol. The van der Waals surface area contributed by atoms with E-state index in [9.17, 15) is 4.39 Å². The highest BCUT2D eigenvalue weighted by molar-refractivity contribution is 9.10. The van der Waals surface area contributed by atoms with Crippen LogP contribution in [0.2, 0.25) is 0 Å². The smallest absolute Gasteiger partial charge is 0.146 e. The monoisotopic (exact) mass is 244 g/mol. The van der Waals surface area contributed by atoms with Crippen molar-refractivity contribution in [2.24, 2.45) is 0 Å². The highest BCUT2D eigenvalue weighted by Crippen LogP contribution is 2.21. The van der Waals surface area contributed by atoms with E-state index in [1.165, 1.54) is 6.07 Å². The van der Waals surface area contributed by atoms with E-state index in [-0.39, 0.29) is 5.82 Å². The summed E-state index contributed by atoms with van der Waals surface area (Å²) in [6, 6.07) is 5.27. The van der Waals surface area contributed by atoms with E-state index < -0.39 is 0 Å². The molecule has 0 spiro atoms. The third-order valence-electron chi connectivity index (χ3n) is 2.07. The molecule has 1 saturated heterocycles. The molecule has 1 fully saturated rings. The highest BCUT2D eigenvalue weighted by Gasteiger charge is 2.17. The van der Waals surface area contributed by atoms with Crippen molar-refractivity contribution in [1.82, 2.24) is 5.32 Å². The van der Waals surface area contributed by atoms with Crippen LogP contribution in [0.3, 0.4) is 0 Å². The summed E-state index contributed by atoms with van der Waals surface area (Å²) >= 11 is 3.30. The summed E-state index contributed by atoms with van der Waals surface area (Å²) in [5.74, 6) is -0.199. The lowest BCUT2D eigenvalue weighted by Crippen LogP contribution is -2.51. The molecule has 1 aliphatic rings. The van der Waals surface area contributed by atoms with Crippen molar-refractivity contribution in [3.05, 3.63) is 28.5 Å². The molecule has 1 aromatic rings. The molecule has 0 amide bonds. The molecule has 0 atom stereocenters. The summed E-state index contributed by atoms with van der Waals surface area (Å²) in [5.41, 5.74) is 0.570. The zero-order valence-electron chi connectivity index (χ0n) is 6.98. The van der Waals surface area contributed by atoms with Crippen molar-refractivity contribution >= 4 is 21.6 Å². The molecular weight excluding hydrogens is 235 g/mol. The van der Waals surface area contributed by atoms with Crippen LogP contribution in [0.15, 0.2) is 22.7 Å². The lowest BCUT2D eigenvalue weighted by molar-refractivity contribution is 0.469. The first-order chi connectivity index (χ1) is 6.25. The second kappa shape index (κ2) is 3.64. The van der Waals surface area contributed by atoms with Crippen LogP contribution in [0.1, 0.15) is 0 Å². The number of hydrogen-bond donors (Lipinski definition) is 2. The fourth-order valence-electron chi connectivity index (χ4n) is 1.22. The average molecular weight is 245 g/mol. The summed E-state index contributed by atoms with van der Waals surface area (Å²) in [6.45, 7) is 1.82. The van der Waals surface area contributed by atoms with E-state index in [0.29, 0.717) is 11.7 Å². The van der Waals surface area contributed by atoms with E-state index in [1.807, 2.05) is 0 Å². The molecule has 1 aliphatic heterocycles. The van der Waals surface area contributed by atoms with Crippen LogP contribution in [0, 0.1) is 5.82 Å². The van der Waals surface area contributed by atoms with Crippen LogP contribution in [0.5, 0.6) is 0 Å². The van der Waals surface area contributed by atoms with E-state index in [1.54, 1.807) is 12.1 Å². The lowest BCUT2D eigenvalue weighted by atomic mass is 10.1. The van der Waals surface area contributed by atoms with Gasteiger partial charge in [-0.25, -0.2) is 4.39 Å². The van der Waals surface area contributed by atoms with Gasteiger partial charge in [-0.2, -0.15) is 0 Å². The first-order valence-electron chi connectivity index (χ1n) is 4.18. The minimum Gasteiger partial charge on any atom is -0.377 e. The number of hydrogen-bond acceptors (Lipinski definition) is 2. The first-order valence-corrected chi connectivity index (χ1v) is 4.97. The van der Waals surface area contributed by atoms with Crippen molar-refractivity contribution < 1.29 is 4.39 Å². The molecule has 2 rings (SSSR count). The highest BCUT2D eigenvalue weighted by atomic mass is 79.9. The Labute approximate surface area is 84.7 Å². The molecule has 0 bridgehead atoms. The minimum atomic E-state index is -0.199. The van der Waals surface area contributed by atoms with Crippen molar-refractivity contribution in [3.8, 4) is 0 Å². The first kappa shape index (κ1) is 8.97. The standard InChI is InChI=1S/C9H10BrFN2/c10-6-1-2-8(11)9(3-6)13-7-4-12-5-7/h1-3,7,12-13H,4-5H2. The molecule has 1 aromatic carbocycles. The Morgan fingerprint density at radius 3 is 2.85 bits per heavy atom. The fraction of sp³-hybridized carbons (Fsp3) is 0.333. The van der Waals surface area contributed by atoms with E-state index in [0.717, 1.165) is 17.6 Å². The fourth-order valence-corrected chi connectivity index (χ4v) is 1.58. The van der Waals surface area contributed by atoms with Gasteiger partial charge in [0.05, 0.1) is 11.7 Å². The molecule has 2 nitrogen and oxygen atoms in total. The average Bonchev–Trinajstić information content (AvgIpc) is 2.03. The minimum absolute atomic E-state index is 0.199. The third-order valence-corrected chi connectivity index (χ3v) is 2.56. The molecule has 13 heavy (non-hydrogen) atoms. The van der Waals surface area contributed by atoms with Crippen LogP contribution in [-0.2, 0) is 0 Å². The van der Waals surface area contributed by atoms with Gasteiger partial charge in [0.25, 0.3) is 0 Å². The Morgan fingerprint density at radius 2 is 2.23 bits per heavy atom. The summed E-state index contributed by atoms with van der Waals surface area (Å²) < 4.78 is 14.1. The topological polar surface area (TPSA) is 24.1 Å². The Morgan fingerprint density at radius 1 is 1.46 bits per heavy atom. The Balaban J connectivity index is 2.13. The van der Waals surface area contributed by atoms with Crippen molar-refractivity contribution in [2.75, 3.05) is 18.4 Å². The maximum absolute atomic E-state index is 13.2. The number of nitrogens with one attached hydrogen (secondary N) is 2. The Kier molecular flexibility index (Phi) is 2.51. The van der Waals surface area contributed by atoms with Crippen molar-refractivity contribution in [3.63, 3.8) is 0 Å². The molecule has 4 heteroatoms. The summed E-state index contributed by atoms with van der Waals surface area (Å²) in [7, 11) is 0. The van der Waals surface area contributed by atoms with Crippen LogP contribution in [0.25, 0.3) is 0 Å². The maximum atomic E-state index is 13.2. The van der Waals surface area contributed by atoms with Gasteiger partial charge in [0.15, 0.2) is 0 Å². The Hall–Kier alpha value is -0.610. The van der Waals surface area contributed by atoms with Crippen LogP contribution in [0.4, 0.5) is 10.1 Å². The molecule has 70 valence electrons. The molecule has 0 aromatic heterocycles. The molecule has 0 aliphatic carbocycles. The van der Waals surface area contributed by atoms with E-state index in [4.69, 9.17) is 0 Å². The van der Waals surface area contributed by atoms with Gasteiger partial charge in [-0.3, -0.25) is 0 Å². The second-order valence-corrected chi connectivity index (χ2v) is 4.04. The van der Waals surface area contributed by atoms with Gasteiger partial charge < -0.3 is 10.6 Å². The predicted octanol–water partition coefficient (Wildman–Crippen LogP) is 1.97. The SMILES string of the molecule is Fc1ccc(Br)cc1NC1CNC1. The van der Waals surface area contributed by atoms with Gasteiger partial charge in [0, 0.05) is 17.6 Å². The summed E-state index contributed by atoms with van der Waals surface area (Å²) in [5, 5.41) is 6.24. The van der Waals surface area contributed by atoms with Gasteiger partial charge >= 0.3 is 0 Å².